The Morgan fingerprint density at radius 2 is 2.00 bits per heavy atom. The molecule has 94 valence electrons. The molecule has 2 rings (SSSR count). The Hall–Kier alpha value is -1.22. The van der Waals surface area contributed by atoms with Crippen molar-refractivity contribution in [3.05, 3.63) is 23.8 Å². The molecule has 0 bridgehead atoms. The Labute approximate surface area is 103 Å². The van der Waals surface area contributed by atoms with Crippen LogP contribution in [0.15, 0.2) is 18.2 Å². The number of ether oxygens (including phenoxy) is 2. The Kier molecular flexibility index (Phi) is 3.89. The van der Waals surface area contributed by atoms with Gasteiger partial charge in [-0.2, -0.15) is 0 Å². The van der Waals surface area contributed by atoms with Gasteiger partial charge in [0.25, 0.3) is 0 Å². The molecule has 0 spiro atoms. The molecule has 1 aromatic carbocycles. The van der Waals surface area contributed by atoms with E-state index in [4.69, 9.17) is 9.47 Å². The third-order valence-electron chi connectivity index (χ3n) is 3.45. The lowest BCUT2D eigenvalue weighted by atomic mass is 9.82. The Bertz CT molecular complexity index is 372. The van der Waals surface area contributed by atoms with Crippen LogP contribution in [0.5, 0.6) is 11.5 Å². The van der Waals surface area contributed by atoms with Gasteiger partial charge < -0.3 is 14.8 Å². The van der Waals surface area contributed by atoms with Crippen molar-refractivity contribution < 1.29 is 9.47 Å². The Morgan fingerprint density at radius 1 is 1.24 bits per heavy atom. The number of hydrogen-bond donors (Lipinski definition) is 1. The summed E-state index contributed by atoms with van der Waals surface area (Å²) < 4.78 is 10.6. The smallest absolute Gasteiger partial charge is 0.127 e. The lowest BCUT2D eigenvalue weighted by molar-refractivity contribution is 0.239. The topological polar surface area (TPSA) is 30.5 Å². The maximum atomic E-state index is 5.37. The Morgan fingerprint density at radius 3 is 2.59 bits per heavy atom. The van der Waals surface area contributed by atoms with Crippen LogP contribution in [0.1, 0.15) is 25.3 Å². The van der Waals surface area contributed by atoms with Gasteiger partial charge in [0.05, 0.1) is 14.2 Å². The maximum Gasteiger partial charge on any atom is 0.127 e. The second kappa shape index (κ2) is 5.41. The molecule has 1 aromatic rings. The largest absolute Gasteiger partial charge is 0.497 e. The second-order valence-electron chi connectivity index (χ2n) is 4.83. The van der Waals surface area contributed by atoms with E-state index in [1.807, 2.05) is 12.1 Å². The van der Waals surface area contributed by atoms with Crippen molar-refractivity contribution in [3.8, 4) is 11.5 Å². The summed E-state index contributed by atoms with van der Waals surface area (Å²) in [6.07, 6.45) is 2.58. The average molecular weight is 235 g/mol. The third-order valence-corrected chi connectivity index (χ3v) is 3.45. The summed E-state index contributed by atoms with van der Waals surface area (Å²) in [5.41, 5.74) is 1.19. The zero-order valence-electron chi connectivity index (χ0n) is 10.8. The van der Waals surface area contributed by atoms with E-state index < -0.39 is 0 Å². The molecule has 1 aliphatic rings. The van der Waals surface area contributed by atoms with Gasteiger partial charge in [-0.1, -0.05) is 13.0 Å². The highest BCUT2D eigenvalue weighted by atomic mass is 16.5. The first kappa shape index (κ1) is 12.2. The summed E-state index contributed by atoms with van der Waals surface area (Å²) in [5, 5.41) is 3.56. The highest BCUT2D eigenvalue weighted by Crippen LogP contribution is 2.28. The fourth-order valence-electron chi connectivity index (χ4n) is 2.32. The molecule has 17 heavy (non-hydrogen) atoms. The summed E-state index contributed by atoms with van der Waals surface area (Å²) in [6.45, 7) is 3.16. The highest BCUT2D eigenvalue weighted by Gasteiger charge is 2.24. The van der Waals surface area contributed by atoms with Crippen molar-refractivity contribution in [1.82, 2.24) is 5.32 Å². The summed E-state index contributed by atoms with van der Waals surface area (Å²) in [5.74, 6) is 2.61. The van der Waals surface area contributed by atoms with Crippen LogP contribution in [-0.4, -0.2) is 20.3 Å². The number of rotatable bonds is 5. The SMILES string of the molecule is COc1ccc(CNC2CC(C)C2)c(OC)c1. The van der Waals surface area contributed by atoms with Gasteiger partial charge >= 0.3 is 0 Å². The minimum absolute atomic E-state index is 0.678. The molecule has 3 nitrogen and oxygen atoms in total. The molecular weight excluding hydrogens is 214 g/mol. The molecule has 0 amide bonds. The minimum Gasteiger partial charge on any atom is -0.497 e. The van der Waals surface area contributed by atoms with Crippen LogP contribution < -0.4 is 14.8 Å². The lowest BCUT2D eigenvalue weighted by Gasteiger charge is -2.33. The van der Waals surface area contributed by atoms with Crippen molar-refractivity contribution in [2.24, 2.45) is 5.92 Å². The summed E-state index contributed by atoms with van der Waals surface area (Å²) >= 11 is 0. The predicted octanol–water partition coefficient (Wildman–Crippen LogP) is 2.59. The first-order chi connectivity index (χ1) is 8.22. The molecule has 0 aromatic heterocycles. The summed E-state index contributed by atoms with van der Waals surface area (Å²) in [4.78, 5) is 0. The highest BCUT2D eigenvalue weighted by molar-refractivity contribution is 5.40. The molecule has 1 N–H and O–H groups in total. The van der Waals surface area contributed by atoms with Crippen molar-refractivity contribution in [2.45, 2.75) is 32.4 Å². The van der Waals surface area contributed by atoms with E-state index in [2.05, 4.69) is 18.3 Å². The molecule has 1 aliphatic carbocycles. The van der Waals surface area contributed by atoms with Gasteiger partial charge in [-0.25, -0.2) is 0 Å². The molecule has 0 radical (unpaired) electrons. The van der Waals surface area contributed by atoms with Gasteiger partial charge in [0.2, 0.25) is 0 Å². The number of nitrogens with one attached hydrogen (secondary N) is 1. The minimum atomic E-state index is 0.678. The van der Waals surface area contributed by atoms with Crippen molar-refractivity contribution >= 4 is 0 Å². The van der Waals surface area contributed by atoms with E-state index in [1.54, 1.807) is 14.2 Å². The standard InChI is InChI=1S/C14H21NO2/c1-10-6-12(7-10)15-9-11-4-5-13(16-2)8-14(11)17-3/h4-5,8,10,12,15H,6-7,9H2,1-3H3. The van der Waals surface area contributed by atoms with E-state index in [0.717, 1.165) is 24.0 Å². The first-order valence-electron chi connectivity index (χ1n) is 6.17. The van der Waals surface area contributed by atoms with E-state index in [-0.39, 0.29) is 0 Å². The molecule has 0 unspecified atom stereocenters. The van der Waals surface area contributed by atoms with Crippen molar-refractivity contribution in [3.63, 3.8) is 0 Å². The third kappa shape index (κ3) is 2.91. The number of hydrogen-bond acceptors (Lipinski definition) is 3. The summed E-state index contributed by atoms with van der Waals surface area (Å²) in [7, 11) is 3.37. The zero-order chi connectivity index (χ0) is 12.3. The van der Waals surface area contributed by atoms with Crippen LogP contribution in [0.25, 0.3) is 0 Å². The van der Waals surface area contributed by atoms with E-state index in [9.17, 15) is 0 Å². The van der Waals surface area contributed by atoms with Crippen LogP contribution in [0.2, 0.25) is 0 Å². The fraction of sp³-hybridized carbons (Fsp3) is 0.571. The predicted molar refractivity (Wildman–Crippen MR) is 68.6 cm³/mol. The lowest BCUT2D eigenvalue weighted by Crippen LogP contribution is -2.39. The van der Waals surface area contributed by atoms with Crippen molar-refractivity contribution in [2.75, 3.05) is 14.2 Å². The van der Waals surface area contributed by atoms with Gasteiger partial charge in [0.15, 0.2) is 0 Å². The molecule has 3 heteroatoms. The van der Waals surface area contributed by atoms with Gasteiger partial charge in [-0.15, -0.1) is 0 Å². The van der Waals surface area contributed by atoms with Gasteiger partial charge in [-0.3, -0.25) is 0 Å². The van der Waals surface area contributed by atoms with Crippen LogP contribution in [-0.2, 0) is 6.54 Å². The first-order valence-corrected chi connectivity index (χ1v) is 6.17. The zero-order valence-corrected chi connectivity index (χ0v) is 10.8. The van der Waals surface area contributed by atoms with Gasteiger partial charge in [0.1, 0.15) is 11.5 Å². The monoisotopic (exact) mass is 235 g/mol. The van der Waals surface area contributed by atoms with Gasteiger partial charge in [-0.05, 0) is 24.8 Å². The molecular formula is C14H21NO2. The van der Waals surface area contributed by atoms with Crippen LogP contribution in [0, 0.1) is 5.92 Å². The average Bonchev–Trinajstić information content (AvgIpc) is 2.33. The molecule has 1 saturated carbocycles. The summed E-state index contributed by atoms with van der Waals surface area (Å²) in [6, 6.07) is 6.65. The fourth-order valence-corrected chi connectivity index (χ4v) is 2.32. The maximum absolute atomic E-state index is 5.37. The quantitative estimate of drug-likeness (QED) is 0.851. The molecule has 0 saturated heterocycles. The number of benzene rings is 1. The molecule has 1 fully saturated rings. The molecule has 0 aliphatic heterocycles. The molecule has 0 heterocycles. The Balaban J connectivity index is 1.95. The van der Waals surface area contributed by atoms with E-state index in [0.29, 0.717) is 6.04 Å². The number of methoxy groups -OCH3 is 2. The molecule has 0 atom stereocenters. The normalized spacial score (nSPS) is 23.0. The van der Waals surface area contributed by atoms with E-state index >= 15 is 0 Å². The second-order valence-corrected chi connectivity index (χ2v) is 4.83. The van der Waals surface area contributed by atoms with Crippen LogP contribution in [0.3, 0.4) is 0 Å². The van der Waals surface area contributed by atoms with Crippen LogP contribution >= 0.6 is 0 Å². The van der Waals surface area contributed by atoms with Crippen LogP contribution in [0.4, 0.5) is 0 Å². The van der Waals surface area contributed by atoms with E-state index in [1.165, 1.54) is 18.4 Å². The van der Waals surface area contributed by atoms with Gasteiger partial charge in [0, 0.05) is 24.2 Å². The van der Waals surface area contributed by atoms with Crippen molar-refractivity contribution in [1.29, 1.82) is 0 Å².